The Hall–Kier alpha value is -0.170. The largest absolute Gasteiger partial charge is 0.330 e. The van der Waals surface area contributed by atoms with Gasteiger partial charge in [0, 0.05) is 26.2 Å². The van der Waals surface area contributed by atoms with Crippen LogP contribution in [0.15, 0.2) is 0 Å². The molecule has 0 spiro atoms. The molecule has 1 rings (SSSR count). The highest BCUT2D eigenvalue weighted by Gasteiger charge is 2.34. The van der Waals surface area contributed by atoms with Gasteiger partial charge in [0.05, 0.1) is 0 Å². The van der Waals surface area contributed by atoms with Crippen LogP contribution in [0.1, 0.15) is 27.2 Å². The van der Waals surface area contributed by atoms with Crippen molar-refractivity contribution in [2.24, 2.45) is 17.6 Å². The fraction of sp³-hybridized carbons (Fsp3) is 1.00. The van der Waals surface area contributed by atoms with Gasteiger partial charge in [0.1, 0.15) is 0 Å². The first kappa shape index (κ1) is 14.9. The van der Waals surface area contributed by atoms with Crippen molar-refractivity contribution >= 4 is 10.2 Å². The van der Waals surface area contributed by atoms with Gasteiger partial charge in [-0.15, -0.1) is 0 Å². The minimum absolute atomic E-state index is 0.286. The van der Waals surface area contributed by atoms with Gasteiger partial charge in [-0.25, -0.2) is 0 Å². The van der Waals surface area contributed by atoms with E-state index in [9.17, 15) is 8.42 Å². The Morgan fingerprint density at radius 2 is 1.94 bits per heavy atom. The van der Waals surface area contributed by atoms with Crippen LogP contribution in [0.2, 0.25) is 0 Å². The highest BCUT2D eigenvalue weighted by atomic mass is 32.2. The first-order valence-electron chi connectivity index (χ1n) is 6.42. The molecule has 1 aliphatic rings. The maximum Gasteiger partial charge on any atom is 0.281 e. The molecule has 1 aliphatic heterocycles. The monoisotopic (exact) mass is 263 g/mol. The van der Waals surface area contributed by atoms with Crippen molar-refractivity contribution in [2.75, 3.05) is 32.7 Å². The lowest BCUT2D eigenvalue weighted by Gasteiger charge is -2.37. The minimum Gasteiger partial charge on any atom is -0.330 e. The quantitative estimate of drug-likeness (QED) is 0.785. The zero-order valence-electron chi connectivity index (χ0n) is 11.1. The molecule has 5 nitrogen and oxygen atoms in total. The number of rotatable bonds is 5. The molecular formula is C11H25N3O2S. The van der Waals surface area contributed by atoms with E-state index >= 15 is 0 Å². The third-order valence-corrected chi connectivity index (χ3v) is 5.89. The van der Waals surface area contributed by atoms with Crippen LogP contribution in [0, 0.1) is 11.8 Å². The average molecular weight is 263 g/mol. The van der Waals surface area contributed by atoms with E-state index in [4.69, 9.17) is 5.73 Å². The van der Waals surface area contributed by atoms with E-state index in [1.165, 1.54) is 4.31 Å². The smallest absolute Gasteiger partial charge is 0.281 e. The normalized spacial score (nSPS) is 27.6. The molecule has 0 saturated carbocycles. The lowest BCUT2D eigenvalue weighted by Crippen LogP contribution is -2.50. The fourth-order valence-electron chi connectivity index (χ4n) is 2.35. The topological polar surface area (TPSA) is 66.6 Å². The molecule has 6 heteroatoms. The second-order valence-electron chi connectivity index (χ2n) is 4.71. The molecule has 102 valence electrons. The first-order valence-corrected chi connectivity index (χ1v) is 7.82. The van der Waals surface area contributed by atoms with Gasteiger partial charge in [-0.1, -0.05) is 20.8 Å². The third-order valence-electron chi connectivity index (χ3n) is 3.74. The van der Waals surface area contributed by atoms with Crippen LogP contribution in [0.3, 0.4) is 0 Å². The Bertz CT molecular complexity index is 328. The summed E-state index contributed by atoms with van der Waals surface area (Å²) >= 11 is 0. The summed E-state index contributed by atoms with van der Waals surface area (Å²) in [7, 11) is -3.28. The Morgan fingerprint density at radius 3 is 2.41 bits per heavy atom. The van der Waals surface area contributed by atoms with Crippen LogP contribution in [-0.4, -0.2) is 49.8 Å². The molecule has 1 fully saturated rings. The Morgan fingerprint density at radius 1 is 1.35 bits per heavy atom. The van der Waals surface area contributed by atoms with Gasteiger partial charge in [-0.3, -0.25) is 0 Å². The number of nitrogens with zero attached hydrogens (tertiary/aromatic N) is 2. The van der Waals surface area contributed by atoms with Gasteiger partial charge in [-0.2, -0.15) is 17.0 Å². The zero-order valence-corrected chi connectivity index (χ0v) is 11.9. The maximum absolute atomic E-state index is 12.3. The molecule has 0 aliphatic carbocycles. The molecule has 0 aromatic carbocycles. The molecule has 0 aromatic rings. The summed E-state index contributed by atoms with van der Waals surface area (Å²) in [5.74, 6) is 0.803. The molecule has 0 bridgehead atoms. The van der Waals surface area contributed by atoms with Crippen LogP contribution in [0.4, 0.5) is 0 Å². The molecule has 2 unspecified atom stereocenters. The summed E-state index contributed by atoms with van der Waals surface area (Å²) in [6.07, 6.45) is 0.905. The Kier molecular flexibility index (Phi) is 5.37. The van der Waals surface area contributed by atoms with Crippen molar-refractivity contribution in [3.05, 3.63) is 0 Å². The molecule has 0 amide bonds. The summed E-state index contributed by atoms with van der Waals surface area (Å²) in [6.45, 7) is 8.69. The summed E-state index contributed by atoms with van der Waals surface area (Å²) < 4.78 is 27.8. The predicted molar refractivity (Wildman–Crippen MR) is 69.7 cm³/mol. The van der Waals surface area contributed by atoms with Crippen LogP contribution in [0.5, 0.6) is 0 Å². The van der Waals surface area contributed by atoms with E-state index in [-0.39, 0.29) is 5.92 Å². The SMILES string of the molecule is CCN(CC)S(=O)(=O)N1CCC(C)C(CN)C1. The molecule has 0 aromatic heterocycles. The highest BCUT2D eigenvalue weighted by Crippen LogP contribution is 2.25. The fourth-order valence-corrected chi connectivity index (χ4v) is 4.04. The van der Waals surface area contributed by atoms with E-state index < -0.39 is 10.2 Å². The summed E-state index contributed by atoms with van der Waals surface area (Å²) in [5.41, 5.74) is 5.71. The lowest BCUT2D eigenvalue weighted by molar-refractivity contribution is 0.193. The van der Waals surface area contributed by atoms with Crippen LogP contribution in [-0.2, 0) is 10.2 Å². The van der Waals surface area contributed by atoms with E-state index in [1.54, 1.807) is 4.31 Å². The first-order chi connectivity index (χ1) is 7.97. The van der Waals surface area contributed by atoms with Crippen molar-refractivity contribution in [1.82, 2.24) is 8.61 Å². The Balaban J connectivity index is 2.79. The molecular weight excluding hydrogens is 238 g/mol. The number of piperidine rings is 1. The number of hydrogen-bond acceptors (Lipinski definition) is 3. The van der Waals surface area contributed by atoms with Crippen molar-refractivity contribution in [2.45, 2.75) is 27.2 Å². The predicted octanol–water partition coefficient (Wildman–Crippen LogP) is 0.490. The van der Waals surface area contributed by atoms with Crippen LogP contribution >= 0.6 is 0 Å². The van der Waals surface area contributed by atoms with Gasteiger partial charge < -0.3 is 5.73 Å². The summed E-state index contributed by atoms with van der Waals surface area (Å²) in [6, 6.07) is 0. The van der Waals surface area contributed by atoms with Gasteiger partial charge in [0.2, 0.25) is 0 Å². The second-order valence-corrected chi connectivity index (χ2v) is 6.64. The maximum atomic E-state index is 12.3. The van der Waals surface area contributed by atoms with Crippen molar-refractivity contribution in [3.8, 4) is 0 Å². The highest BCUT2D eigenvalue weighted by molar-refractivity contribution is 7.86. The van der Waals surface area contributed by atoms with E-state index in [2.05, 4.69) is 6.92 Å². The van der Waals surface area contributed by atoms with E-state index in [0.29, 0.717) is 38.6 Å². The van der Waals surface area contributed by atoms with Gasteiger partial charge in [0.15, 0.2) is 0 Å². The molecule has 2 atom stereocenters. The minimum atomic E-state index is -3.28. The van der Waals surface area contributed by atoms with E-state index in [1.807, 2.05) is 13.8 Å². The average Bonchev–Trinajstić information content (AvgIpc) is 2.30. The van der Waals surface area contributed by atoms with Gasteiger partial charge in [0.25, 0.3) is 10.2 Å². The number of hydrogen-bond donors (Lipinski definition) is 1. The molecule has 0 radical (unpaired) electrons. The lowest BCUT2D eigenvalue weighted by atomic mass is 9.88. The zero-order chi connectivity index (χ0) is 13.1. The standard InChI is InChI=1S/C11H25N3O2S/c1-4-13(5-2)17(15,16)14-7-6-10(3)11(8-12)9-14/h10-11H,4-9,12H2,1-3H3. The third kappa shape index (κ3) is 3.19. The van der Waals surface area contributed by atoms with Gasteiger partial charge in [-0.05, 0) is 24.8 Å². The summed E-state index contributed by atoms with van der Waals surface area (Å²) in [4.78, 5) is 0. The Labute approximate surface area is 105 Å². The molecule has 2 N–H and O–H groups in total. The van der Waals surface area contributed by atoms with Crippen LogP contribution in [0.25, 0.3) is 0 Å². The van der Waals surface area contributed by atoms with Crippen molar-refractivity contribution in [3.63, 3.8) is 0 Å². The van der Waals surface area contributed by atoms with Crippen molar-refractivity contribution in [1.29, 1.82) is 0 Å². The number of nitrogens with two attached hydrogens (primary N) is 1. The summed E-state index contributed by atoms with van der Waals surface area (Å²) in [5, 5.41) is 0. The molecule has 17 heavy (non-hydrogen) atoms. The van der Waals surface area contributed by atoms with Crippen LogP contribution < -0.4 is 5.73 Å². The molecule has 1 heterocycles. The van der Waals surface area contributed by atoms with E-state index in [0.717, 1.165) is 6.42 Å². The van der Waals surface area contributed by atoms with Crippen molar-refractivity contribution < 1.29 is 8.42 Å². The second kappa shape index (κ2) is 6.13. The molecule has 1 saturated heterocycles. The van der Waals surface area contributed by atoms with Gasteiger partial charge >= 0.3 is 0 Å².